The highest BCUT2D eigenvalue weighted by Gasteiger charge is 2.14. The first-order valence-corrected chi connectivity index (χ1v) is 5.04. The summed E-state index contributed by atoms with van der Waals surface area (Å²) in [5.41, 5.74) is 0. The van der Waals surface area contributed by atoms with Crippen molar-refractivity contribution in [3.8, 4) is 0 Å². The molecule has 1 fully saturated rings. The second kappa shape index (κ2) is 6.66. The number of piperidine rings is 1. The van der Waals surface area contributed by atoms with Crippen molar-refractivity contribution in [2.45, 2.75) is 53.0 Å². The molecule has 1 atom stereocenters. The standard InChI is InChI=1S/C8H17N.C2H6/c1-7(2)8-5-3-4-6-9-8;1-2/h7-9H,3-6H2,1-2H3;1-2H3. The zero-order chi connectivity index (χ0) is 8.69. The largest absolute Gasteiger partial charge is 0.314 e. The Kier molecular flexibility index (Phi) is 6.63. The van der Waals surface area contributed by atoms with Crippen LogP contribution in [0.2, 0.25) is 0 Å². The van der Waals surface area contributed by atoms with E-state index in [2.05, 4.69) is 19.2 Å². The molecule has 0 bridgehead atoms. The van der Waals surface area contributed by atoms with Crippen LogP contribution >= 0.6 is 0 Å². The summed E-state index contributed by atoms with van der Waals surface area (Å²) < 4.78 is 0. The molecule has 68 valence electrons. The summed E-state index contributed by atoms with van der Waals surface area (Å²) in [6.07, 6.45) is 4.19. The van der Waals surface area contributed by atoms with E-state index in [1.807, 2.05) is 13.8 Å². The van der Waals surface area contributed by atoms with Gasteiger partial charge in [-0.15, -0.1) is 0 Å². The van der Waals surface area contributed by atoms with Crippen LogP contribution in [0.15, 0.2) is 0 Å². The summed E-state index contributed by atoms with van der Waals surface area (Å²) in [6, 6.07) is 0.804. The van der Waals surface area contributed by atoms with Crippen molar-refractivity contribution < 1.29 is 0 Å². The molecule has 1 nitrogen and oxygen atoms in total. The van der Waals surface area contributed by atoms with Crippen molar-refractivity contribution in [3.63, 3.8) is 0 Å². The maximum Gasteiger partial charge on any atom is 0.00900 e. The lowest BCUT2D eigenvalue weighted by molar-refractivity contribution is 0.326. The van der Waals surface area contributed by atoms with Gasteiger partial charge < -0.3 is 5.32 Å². The summed E-state index contributed by atoms with van der Waals surface area (Å²) in [7, 11) is 0. The van der Waals surface area contributed by atoms with Gasteiger partial charge in [0, 0.05) is 6.04 Å². The minimum Gasteiger partial charge on any atom is -0.314 e. The fourth-order valence-corrected chi connectivity index (χ4v) is 1.45. The molecular formula is C10H23N. The molecule has 0 aromatic carbocycles. The summed E-state index contributed by atoms with van der Waals surface area (Å²) in [5, 5.41) is 3.52. The van der Waals surface area contributed by atoms with E-state index < -0.39 is 0 Å². The predicted octanol–water partition coefficient (Wildman–Crippen LogP) is 2.81. The molecule has 1 aliphatic rings. The zero-order valence-electron chi connectivity index (χ0n) is 8.48. The molecule has 1 aliphatic heterocycles. The minimum atomic E-state index is 0.804. The van der Waals surface area contributed by atoms with Crippen LogP contribution in [0.25, 0.3) is 0 Å². The fraction of sp³-hybridized carbons (Fsp3) is 1.00. The van der Waals surface area contributed by atoms with Crippen molar-refractivity contribution >= 4 is 0 Å². The molecular weight excluding hydrogens is 134 g/mol. The molecule has 0 aliphatic carbocycles. The SMILES string of the molecule is CC.CC(C)C1CCCCN1. The van der Waals surface area contributed by atoms with E-state index in [-0.39, 0.29) is 0 Å². The van der Waals surface area contributed by atoms with Crippen LogP contribution in [0.5, 0.6) is 0 Å². The van der Waals surface area contributed by atoms with Crippen LogP contribution < -0.4 is 5.32 Å². The number of nitrogens with one attached hydrogen (secondary N) is 1. The molecule has 1 heterocycles. The van der Waals surface area contributed by atoms with E-state index in [0.29, 0.717) is 0 Å². The van der Waals surface area contributed by atoms with Crippen LogP contribution in [0, 0.1) is 5.92 Å². The lowest BCUT2D eigenvalue weighted by Gasteiger charge is -2.26. The molecule has 1 unspecified atom stereocenters. The van der Waals surface area contributed by atoms with Gasteiger partial charge in [-0.1, -0.05) is 34.1 Å². The van der Waals surface area contributed by atoms with Gasteiger partial charge in [0.15, 0.2) is 0 Å². The molecule has 0 amide bonds. The summed E-state index contributed by atoms with van der Waals surface area (Å²) in [4.78, 5) is 0. The number of hydrogen-bond acceptors (Lipinski definition) is 1. The summed E-state index contributed by atoms with van der Waals surface area (Å²) >= 11 is 0. The molecule has 1 saturated heterocycles. The average molecular weight is 157 g/mol. The summed E-state index contributed by atoms with van der Waals surface area (Å²) in [6.45, 7) is 9.83. The van der Waals surface area contributed by atoms with E-state index in [1.54, 1.807) is 0 Å². The Morgan fingerprint density at radius 1 is 1.18 bits per heavy atom. The highest BCUT2D eigenvalue weighted by molar-refractivity contribution is 4.74. The topological polar surface area (TPSA) is 12.0 Å². The van der Waals surface area contributed by atoms with Gasteiger partial charge in [-0.2, -0.15) is 0 Å². The third kappa shape index (κ3) is 4.41. The van der Waals surface area contributed by atoms with Crippen LogP contribution in [0.1, 0.15) is 47.0 Å². The first-order valence-electron chi connectivity index (χ1n) is 5.04. The smallest absolute Gasteiger partial charge is 0.00900 e. The van der Waals surface area contributed by atoms with E-state index in [9.17, 15) is 0 Å². The lowest BCUT2D eigenvalue weighted by Crippen LogP contribution is -2.37. The molecule has 0 radical (unpaired) electrons. The Morgan fingerprint density at radius 3 is 2.09 bits per heavy atom. The molecule has 1 heteroatoms. The van der Waals surface area contributed by atoms with E-state index in [1.165, 1.54) is 25.8 Å². The predicted molar refractivity (Wildman–Crippen MR) is 51.8 cm³/mol. The Morgan fingerprint density at radius 2 is 1.82 bits per heavy atom. The van der Waals surface area contributed by atoms with Crippen LogP contribution in [0.3, 0.4) is 0 Å². The molecule has 11 heavy (non-hydrogen) atoms. The quantitative estimate of drug-likeness (QED) is 0.617. The van der Waals surface area contributed by atoms with Gasteiger partial charge in [-0.3, -0.25) is 0 Å². The lowest BCUT2D eigenvalue weighted by atomic mass is 9.95. The second-order valence-electron chi connectivity index (χ2n) is 3.30. The van der Waals surface area contributed by atoms with E-state index in [4.69, 9.17) is 0 Å². The van der Waals surface area contributed by atoms with Crippen molar-refractivity contribution in [3.05, 3.63) is 0 Å². The highest BCUT2D eigenvalue weighted by Crippen LogP contribution is 2.13. The Hall–Kier alpha value is -0.0400. The Labute approximate surface area is 71.6 Å². The average Bonchev–Trinajstić information content (AvgIpc) is 2.10. The van der Waals surface area contributed by atoms with Gasteiger partial charge in [0.05, 0.1) is 0 Å². The Bertz CT molecular complexity index is 72.9. The third-order valence-electron chi connectivity index (χ3n) is 2.15. The van der Waals surface area contributed by atoms with Crippen LogP contribution in [0.4, 0.5) is 0 Å². The zero-order valence-corrected chi connectivity index (χ0v) is 8.48. The van der Waals surface area contributed by atoms with Crippen molar-refractivity contribution in [1.29, 1.82) is 0 Å². The minimum absolute atomic E-state index is 0.804. The fourth-order valence-electron chi connectivity index (χ4n) is 1.45. The van der Waals surface area contributed by atoms with Gasteiger partial charge >= 0.3 is 0 Å². The van der Waals surface area contributed by atoms with Gasteiger partial charge in [-0.05, 0) is 25.3 Å². The normalized spacial score (nSPS) is 24.3. The molecule has 1 N–H and O–H groups in total. The molecule has 1 rings (SSSR count). The summed E-state index contributed by atoms with van der Waals surface area (Å²) in [5.74, 6) is 0.824. The molecule has 0 saturated carbocycles. The third-order valence-corrected chi connectivity index (χ3v) is 2.15. The number of hydrogen-bond donors (Lipinski definition) is 1. The van der Waals surface area contributed by atoms with Crippen molar-refractivity contribution in [2.24, 2.45) is 5.92 Å². The molecule has 0 spiro atoms. The van der Waals surface area contributed by atoms with Gasteiger partial charge in [0.2, 0.25) is 0 Å². The maximum atomic E-state index is 3.52. The number of rotatable bonds is 1. The van der Waals surface area contributed by atoms with Gasteiger partial charge in [0.25, 0.3) is 0 Å². The van der Waals surface area contributed by atoms with Crippen LogP contribution in [-0.2, 0) is 0 Å². The Balaban J connectivity index is 0.000000461. The second-order valence-corrected chi connectivity index (χ2v) is 3.30. The monoisotopic (exact) mass is 157 g/mol. The van der Waals surface area contributed by atoms with Crippen molar-refractivity contribution in [1.82, 2.24) is 5.32 Å². The highest BCUT2D eigenvalue weighted by atomic mass is 14.9. The maximum absolute atomic E-state index is 3.52. The van der Waals surface area contributed by atoms with Crippen molar-refractivity contribution in [2.75, 3.05) is 6.54 Å². The van der Waals surface area contributed by atoms with E-state index >= 15 is 0 Å². The van der Waals surface area contributed by atoms with E-state index in [0.717, 1.165) is 12.0 Å². The molecule has 0 aromatic rings. The first-order chi connectivity index (χ1) is 5.30. The van der Waals surface area contributed by atoms with Gasteiger partial charge in [0.1, 0.15) is 0 Å². The first kappa shape index (κ1) is 11.0. The van der Waals surface area contributed by atoms with Crippen LogP contribution in [-0.4, -0.2) is 12.6 Å². The van der Waals surface area contributed by atoms with Gasteiger partial charge in [-0.25, -0.2) is 0 Å². The molecule has 0 aromatic heterocycles.